The number of aryl methyl sites for hydroxylation is 1. The third-order valence-electron chi connectivity index (χ3n) is 4.63. The molecule has 0 fully saturated rings. The molecule has 1 N–H and O–H groups in total. The van der Waals surface area contributed by atoms with Crippen molar-refractivity contribution < 1.29 is 14.3 Å². The first-order valence-corrected chi connectivity index (χ1v) is 9.31. The molecule has 138 valence electrons. The maximum Gasteiger partial charge on any atom is 0.238 e. The van der Waals surface area contributed by atoms with Crippen molar-refractivity contribution in [2.75, 3.05) is 32.6 Å². The second kappa shape index (κ2) is 8.10. The number of carbonyl (C=O) groups is 1. The molecule has 0 saturated heterocycles. The summed E-state index contributed by atoms with van der Waals surface area (Å²) >= 11 is 3.44. The van der Waals surface area contributed by atoms with Gasteiger partial charge in [0, 0.05) is 23.2 Å². The molecule has 1 aliphatic heterocycles. The maximum absolute atomic E-state index is 12.4. The van der Waals surface area contributed by atoms with Crippen LogP contribution >= 0.6 is 15.9 Å². The summed E-state index contributed by atoms with van der Waals surface area (Å²) in [6.45, 7) is 3.91. The number of hydrogen-bond donors (Lipinski definition) is 1. The quantitative estimate of drug-likeness (QED) is 0.802. The molecule has 0 aliphatic carbocycles. The SMILES string of the molecule is COc1cc2c(cc1OC)CN(CC(=O)Nc1ccc(Br)cc1C)CC2. The summed E-state index contributed by atoms with van der Waals surface area (Å²) in [5.74, 6) is 1.48. The molecule has 0 saturated carbocycles. The van der Waals surface area contributed by atoms with Crippen molar-refractivity contribution in [3.63, 3.8) is 0 Å². The average molecular weight is 419 g/mol. The van der Waals surface area contributed by atoms with E-state index in [-0.39, 0.29) is 5.91 Å². The van der Waals surface area contributed by atoms with Gasteiger partial charge >= 0.3 is 0 Å². The molecule has 1 heterocycles. The molecule has 0 bridgehead atoms. The summed E-state index contributed by atoms with van der Waals surface area (Å²) in [4.78, 5) is 14.6. The molecule has 3 rings (SSSR count). The number of methoxy groups -OCH3 is 2. The highest BCUT2D eigenvalue weighted by Gasteiger charge is 2.21. The number of anilines is 1. The fraction of sp³-hybridized carbons (Fsp3) is 0.350. The van der Waals surface area contributed by atoms with Crippen LogP contribution in [-0.2, 0) is 17.8 Å². The summed E-state index contributed by atoms with van der Waals surface area (Å²) in [6.07, 6.45) is 0.889. The minimum Gasteiger partial charge on any atom is -0.493 e. The molecule has 0 unspecified atom stereocenters. The highest BCUT2D eigenvalue weighted by atomic mass is 79.9. The van der Waals surface area contributed by atoms with Crippen molar-refractivity contribution in [1.29, 1.82) is 0 Å². The van der Waals surface area contributed by atoms with Gasteiger partial charge in [-0.05, 0) is 60.4 Å². The molecule has 0 radical (unpaired) electrons. The van der Waals surface area contributed by atoms with Gasteiger partial charge < -0.3 is 14.8 Å². The van der Waals surface area contributed by atoms with Crippen molar-refractivity contribution >= 4 is 27.5 Å². The largest absolute Gasteiger partial charge is 0.493 e. The van der Waals surface area contributed by atoms with E-state index in [0.29, 0.717) is 6.54 Å². The van der Waals surface area contributed by atoms with Gasteiger partial charge in [-0.2, -0.15) is 0 Å². The third-order valence-corrected chi connectivity index (χ3v) is 5.12. The van der Waals surface area contributed by atoms with Crippen LogP contribution < -0.4 is 14.8 Å². The molecule has 26 heavy (non-hydrogen) atoms. The minimum atomic E-state index is -0.000603. The Bertz CT molecular complexity index is 823. The molecule has 5 nitrogen and oxygen atoms in total. The number of halogens is 1. The number of amides is 1. The fourth-order valence-corrected chi connectivity index (χ4v) is 3.71. The second-order valence-corrected chi connectivity index (χ2v) is 7.36. The monoisotopic (exact) mass is 418 g/mol. The Morgan fingerprint density at radius 3 is 2.50 bits per heavy atom. The van der Waals surface area contributed by atoms with Crippen molar-refractivity contribution in [3.05, 3.63) is 51.5 Å². The highest BCUT2D eigenvalue weighted by molar-refractivity contribution is 9.10. The molecular weight excluding hydrogens is 396 g/mol. The van der Waals surface area contributed by atoms with Gasteiger partial charge in [0.2, 0.25) is 5.91 Å². The average Bonchev–Trinajstić information content (AvgIpc) is 2.62. The van der Waals surface area contributed by atoms with Crippen molar-refractivity contribution in [2.24, 2.45) is 0 Å². The van der Waals surface area contributed by atoms with Crippen LogP contribution in [0.25, 0.3) is 0 Å². The van der Waals surface area contributed by atoms with Crippen LogP contribution in [-0.4, -0.2) is 38.1 Å². The predicted molar refractivity (Wildman–Crippen MR) is 106 cm³/mol. The zero-order valence-corrected chi connectivity index (χ0v) is 16.9. The van der Waals surface area contributed by atoms with Gasteiger partial charge in [-0.3, -0.25) is 9.69 Å². The number of benzene rings is 2. The Balaban J connectivity index is 1.66. The first-order chi connectivity index (χ1) is 12.5. The van der Waals surface area contributed by atoms with Crippen LogP contribution in [0.4, 0.5) is 5.69 Å². The highest BCUT2D eigenvalue weighted by Crippen LogP contribution is 2.33. The van der Waals surface area contributed by atoms with E-state index in [4.69, 9.17) is 9.47 Å². The van der Waals surface area contributed by atoms with Gasteiger partial charge in [-0.25, -0.2) is 0 Å². The van der Waals surface area contributed by atoms with Crippen molar-refractivity contribution in [3.8, 4) is 11.5 Å². The lowest BCUT2D eigenvalue weighted by molar-refractivity contribution is -0.117. The summed E-state index contributed by atoms with van der Waals surface area (Å²) in [6, 6.07) is 9.89. The van der Waals surface area contributed by atoms with E-state index in [9.17, 15) is 4.79 Å². The lowest BCUT2D eigenvalue weighted by Crippen LogP contribution is -2.37. The Labute approximate surface area is 162 Å². The lowest BCUT2D eigenvalue weighted by Gasteiger charge is -2.29. The van der Waals surface area contributed by atoms with E-state index in [1.54, 1.807) is 14.2 Å². The number of nitrogens with one attached hydrogen (secondary N) is 1. The summed E-state index contributed by atoms with van der Waals surface area (Å²) in [7, 11) is 3.28. The first kappa shape index (κ1) is 18.7. The number of rotatable bonds is 5. The standard InChI is InChI=1S/C20H23BrN2O3/c1-13-8-16(21)4-5-17(13)22-20(24)12-23-7-6-14-9-18(25-2)19(26-3)10-15(14)11-23/h4-5,8-10H,6-7,11-12H2,1-3H3,(H,22,24). The van der Waals surface area contributed by atoms with Gasteiger partial charge in [0.1, 0.15) is 0 Å². The number of carbonyl (C=O) groups excluding carboxylic acids is 1. The van der Waals surface area contributed by atoms with Gasteiger partial charge in [0.05, 0.1) is 20.8 Å². The molecule has 2 aromatic rings. The van der Waals surface area contributed by atoms with Gasteiger partial charge in [0.15, 0.2) is 11.5 Å². The minimum absolute atomic E-state index is 0.000603. The second-order valence-electron chi connectivity index (χ2n) is 6.44. The van der Waals surface area contributed by atoms with E-state index in [1.165, 1.54) is 11.1 Å². The van der Waals surface area contributed by atoms with E-state index < -0.39 is 0 Å². The van der Waals surface area contributed by atoms with Gasteiger partial charge in [-0.15, -0.1) is 0 Å². The van der Waals surface area contributed by atoms with Crippen LogP contribution in [0, 0.1) is 6.92 Å². The zero-order valence-electron chi connectivity index (χ0n) is 15.3. The van der Waals surface area contributed by atoms with Crippen LogP contribution in [0.2, 0.25) is 0 Å². The third kappa shape index (κ3) is 4.19. The van der Waals surface area contributed by atoms with Crippen LogP contribution in [0.1, 0.15) is 16.7 Å². The van der Waals surface area contributed by atoms with Crippen LogP contribution in [0.3, 0.4) is 0 Å². The Hall–Kier alpha value is -2.05. The number of nitrogens with zero attached hydrogens (tertiary/aromatic N) is 1. The smallest absolute Gasteiger partial charge is 0.238 e. The molecule has 1 aliphatic rings. The van der Waals surface area contributed by atoms with Crippen LogP contribution in [0.15, 0.2) is 34.8 Å². The van der Waals surface area contributed by atoms with E-state index in [0.717, 1.165) is 46.7 Å². The zero-order chi connectivity index (χ0) is 18.7. The summed E-state index contributed by atoms with van der Waals surface area (Å²) < 4.78 is 11.8. The fourth-order valence-electron chi connectivity index (χ4n) is 3.24. The van der Waals surface area contributed by atoms with E-state index in [1.807, 2.05) is 37.3 Å². The first-order valence-electron chi connectivity index (χ1n) is 8.52. The maximum atomic E-state index is 12.4. The normalized spacial score (nSPS) is 13.8. The molecular formula is C20H23BrN2O3. The summed E-state index contributed by atoms with van der Waals surface area (Å²) in [5, 5.41) is 3.00. The molecule has 6 heteroatoms. The molecule has 0 atom stereocenters. The molecule has 2 aromatic carbocycles. The van der Waals surface area contributed by atoms with E-state index in [2.05, 4.69) is 26.1 Å². The Kier molecular flexibility index (Phi) is 5.84. The van der Waals surface area contributed by atoms with Crippen molar-refractivity contribution in [1.82, 2.24) is 4.90 Å². The number of hydrogen-bond acceptors (Lipinski definition) is 4. The predicted octanol–water partition coefficient (Wildman–Crippen LogP) is 3.77. The topological polar surface area (TPSA) is 50.8 Å². The van der Waals surface area contributed by atoms with E-state index >= 15 is 0 Å². The molecule has 0 spiro atoms. The van der Waals surface area contributed by atoms with Crippen LogP contribution in [0.5, 0.6) is 11.5 Å². The summed E-state index contributed by atoms with van der Waals surface area (Å²) in [5.41, 5.74) is 4.32. The Morgan fingerprint density at radius 2 is 1.85 bits per heavy atom. The number of fused-ring (bicyclic) bond motifs is 1. The van der Waals surface area contributed by atoms with Crippen molar-refractivity contribution in [2.45, 2.75) is 19.9 Å². The molecule has 0 aromatic heterocycles. The Morgan fingerprint density at radius 1 is 1.15 bits per heavy atom. The number of ether oxygens (including phenoxy) is 2. The lowest BCUT2D eigenvalue weighted by atomic mass is 9.99. The molecule has 1 amide bonds. The van der Waals surface area contributed by atoms with Gasteiger partial charge in [0.25, 0.3) is 0 Å². The van der Waals surface area contributed by atoms with Gasteiger partial charge in [-0.1, -0.05) is 15.9 Å².